The number of hydrogen-bond donors (Lipinski definition) is 1. The van der Waals surface area contributed by atoms with Crippen molar-refractivity contribution >= 4 is 0 Å². The molecule has 0 spiro atoms. The summed E-state index contributed by atoms with van der Waals surface area (Å²) in [6.07, 6.45) is 2.66. The van der Waals surface area contributed by atoms with Crippen LogP contribution in [0.15, 0.2) is 18.2 Å². The zero-order chi connectivity index (χ0) is 13.3. The lowest BCUT2D eigenvalue weighted by atomic mass is 9.59. The number of nitrogens with one attached hydrogen (secondary N) is 1. The summed E-state index contributed by atoms with van der Waals surface area (Å²) >= 11 is 0. The molecule has 18 heavy (non-hydrogen) atoms. The van der Waals surface area contributed by atoms with Crippen molar-refractivity contribution in [3.05, 3.63) is 34.9 Å². The van der Waals surface area contributed by atoms with Crippen molar-refractivity contribution in [2.24, 2.45) is 5.92 Å². The zero-order valence-corrected chi connectivity index (χ0v) is 12.5. The van der Waals surface area contributed by atoms with E-state index in [2.05, 4.69) is 58.1 Å². The predicted molar refractivity (Wildman–Crippen MR) is 79.1 cm³/mol. The fourth-order valence-corrected chi connectivity index (χ4v) is 3.23. The van der Waals surface area contributed by atoms with Gasteiger partial charge in [-0.2, -0.15) is 0 Å². The largest absolute Gasteiger partial charge is 0.314 e. The first-order valence-electron chi connectivity index (χ1n) is 7.24. The smallest absolute Gasteiger partial charge is 0.00830 e. The van der Waals surface area contributed by atoms with Gasteiger partial charge in [0.25, 0.3) is 0 Å². The summed E-state index contributed by atoms with van der Waals surface area (Å²) in [5.41, 5.74) is 4.76. The summed E-state index contributed by atoms with van der Waals surface area (Å²) in [5, 5.41) is 3.64. The van der Waals surface area contributed by atoms with Gasteiger partial charge in [0.05, 0.1) is 0 Å². The number of rotatable bonds is 4. The normalized spacial score (nSPS) is 27.3. The topological polar surface area (TPSA) is 12.0 Å². The highest BCUT2D eigenvalue weighted by molar-refractivity contribution is 5.36. The molecule has 0 heterocycles. The summed E-state index contributed by atoms with van der Waals surface area (Å²) in [7, 11) is 0. The zero-order valence-electron chi connectivity index (χ0n) is 12.5. The molecule has 0 atom stereocenters. The van der Waals surface area contributed by atoms with Crippen molar-refractivity contribution in [2.75, 3.05) is 6.54 Å². The Kier molecular flexibility index (Phi) is 3.82. The molecule has 1 aliphatic rings. The van der Waals surface area contributed by atoms with Crippen LogP contribution in [0.2, 0.25) is 0 Å². The van der Waals surface area contributed by atoms with Crippen molar-refractivity contribution in [2.45, 2.75) is 58.9 Å². The van der Waals surface area contributed by atoms with Crippen molar-refractivity contribution in [1.82, 2.24) is 5.32 Å². The molecule has 0 amide bonds. The van der Waals surface area contributed by atoms with E-state index in [1.165, 1.54) is 29.5 Å². The van der Waals surface area contributed by atoms with Crippen molar-refractivity contribution in [3.8, 4) is 0 Å². The Labute approximate surface area is 112 Å². The van der Waals surface area contributed by atoms with Gasteiger partial charge in [0.1, 0.15) is 0 Å². The van der Waals surface area contributed by atoms with Crippen LogP contribution in [0.25, 0.3) is 0 Å². The molecule has 0 bridgehead atoms. The molecule has 1 aromatic rings. The molecular weight excluding hydrogens is 218 g/mol. The van der Waals surface area contributed by atoms with Gasteiger partial charge in [-0.15, -0.1) is 0 Å². The van der Waals surface area contributed by atoms with E-state index in [9.17, 15) is 0 Å². The van der Waals surface area contributed by atoms with Gasteiger partial charge in [-0.05, 0) is 49.3 Å². The second-order valence-corrected chi connectivity index (χ2v) is 6.63. The standard InChI is InChI=1S/C17H27N/c1-12(2)18-11-17(9-13(3)10-17)16-7-6-14(4)15(5)8-16/h6-8,12-13,18H,9-11H2,1-5H3. The van der Waals surface area contributed by atoms with E-state index < -0.39 is 0 Å². The van der Waals surface area contributed by atoms with Crippen LogP contribution < -0.4 is 5.32 Å². The molecule has 1 N–H and O–H groups in total. The van der Waals surface area contributed by atoms with E-state index >= 15 is 0 Å². The first-order valence-corrected chi connectivity index (χ1v) is 7.24. The van der Waals surface area contributed by atoms with Gasteiger partial charge < -0.3 is 5.32 Å². The fraction of sp³-hybridized carbons (Fsp3) is 0.647. The van der Waals surface area contributed by atoms with Crippen LogP contribution in [0.1, 0.15) is 50.3 Å². The lowest BCUT2D eigenvalue weighted by molar-refractivity contribution is 0.149. The minimum absolute atomic E-state index is 0.391. The predicted octanol–water partition coefficient (Wildman–Crippen LogP) is 3.97. The van der Waals surface area contributed by atoms with E-state index in [1.807, 2.05) is 0 Å². The van der Waals surface area contributed by atoms with Crippen molar-refractivity contribution in [3.63, 3.8) is 0 Å². The Morgan fingerprint density at radius 1 is 1.22 bits per heavy atom. The highest BCUT2D eigenvalue weighted by Gasteiger charge is 2.43. The maximum Gasteiger partial charge on any atom is 0.00830 e. The molecule has 2 rings (SSSR count). The fourth-order valence-electron chi connectivity index (χ4n) is 3.23. The molecule has 1 saturated carbocycles. The SMILES string of the molecule is Cc1ccc(C2(CNC(C)C)CC(C)C2)cc1C. The Bertz CT molecular complexity index is 414. The van der Waals surface area contributed by atoms with Gasteiger partial charge in [0.15, 0.2) is 0 Å². The summed E-state index contributed by atoms with van der Waals surface area (Å²) in [6.45, 7) is 12.4. The van der Waals surface area contributed by atoms with Crippen molar-refractivity contribution in [1.29, 1.82) is 0 Å². The molecule has 1 nitrogen and oxygen atoms in total. The Morgan fingerprint density at radius 3 is 2.39 bits per heavy atom. The molecule has 0 radical (unpaired) electrons. The molecule has 100 valence electrons. The molecule has 1 aliphatic carbocycles. The lowest BCUT2D eigenvalue weighted by Gasteiger charge is -2.48. The van der Waals surface area contributed by atoms with E-state index in [0.717, 1.165) is 12.5 Å². The van der Waals surface area contributed by atoms with Gasteiger partial charge in [0, 0.05) is 18.0 Å². The molecule has 1 aromatic carbocycles. The summed E-state index contributed by atoms with van der Waals surface area (Å²) in [6, 6.07) is 7.61. The van der Waals surface area contributed by atoms with E-state index in [1.54, 1.807) is 0 Å². The second-order valence-electron chi connectivity index (χ2n) is 6.63. The average molecular weight is 245 g/mol. The van der Waals surface area contributed by atoms with Gasteiger partial charge in [-0.1, -0.05) is 39.0 Å². The van der Waals surface area contributed by atoms with Crippen LogP contribution in [0.4, 0.5) is 0 Å². The van der Waals surface area contributed by atoms with Crippen LogP contribution in [-0.2, 0) is 5.41 Å². The van der Waals surface area contributed by atoms with Crippen LogP contribution in [0, 0.1) is 19.8 Å². The lowest BCUT2D eigenvalue weighted by Crippen LogP contribution is -2.49. The highest BCUT2D eigenvalue weighted by Crippen LogP contribution is 2.47. The van der Waals surface area contributed by atoms with Gasteiger partial charge >= 0.3 is 0 Å². The molecular formula is C17H27N. The first kappa shape index (κ1) is 13.6. The minimum atomic E-state index is 0.391. The molecule has 0 aliphatic heterocycles. The quantitative estimate of drug-likeness (QED) is 0.846. The molecule has 1 fully saturated rings. The van der Waals surface area contributed by atoms with Gasteiger partial charge in [-0.3, -0.25) is 0 Å². The van der Waals surface area contributed by atoms with E-state index in [4.69, 9.17) is 0 Å². The molecule has 0 aromatic heterocycles. The Morgan fingerprint density at radius 2 is 1.89 bits per heavy atom. The van der Waals surface area contributed by atoms with E-state index in [-0.39, 0.29) is 0 Å². The monoisotopic (exact) mass is 245 g/mol. The van der Waals surface area contributed by atoms with Crippen LogP contribution in [-0.4, -0.2) is 12.6 Å². The minimum Gasteiger partial charge on any atom is -0.314 e. The first-order chi connectivity index (χ1) is 8.43. The maximum absolute atomic E-state index is 3.64. The van der Waals surface area contributed by atoms with Gasteiger partial charge in [0.2, 0.25) is 0 Å². The summed E-state index contributed by atoms with van der Waals surface area (Å²) in [5.74, 6) is 0.876. The average Bonchev–Trinajstić information content (AvgIpc) is 2.26. The molecule has 0 saturated heterocycles. The third-order valence-electron chi connectivity index (χ3n) is 4.45. The highest BCUT2D eigenvalue weighted by atomic mass is 14.9. The summed E-state index contributed by atoms with van der Waals surface area (Å²) < 4.78 is 0. The van der Waals surface area contributed by atoms with Crippen LogP contribution in [0.5, 0.6) is 0 Å². The molecule has 1 heteroatoms. The van der Waals surface area contributed by atoms with E-state index in [0.29, 0.717) is 11.5 Å². The Balaban J connectivity index is 2.21. The van der Waals surface area contributed by atoms with Crippen LogP contribution in [0.3, 0.4) is 0 Å². The summed E-state index contributed by atoms with van der Waals surface area (Å²) in [4.78, 5) is 0. The second kappa shape index (κ2) is 5.05. The Hall–Kier alpha value is -0.820. The van der Waals surface area contributed by atoms with Crippen LogP contribution >= 0.6 is 0 Å². The number of aryl methyl sites for hydroxylation is 2. The van der Waals surface area contributed by atoms with Gasteiger partial charge in [-0.25, -0.2) is 0 Å². The third kappa shape index (κ3) is 2.61. The third-order valence-corrected chi connectivity index (χ3v) is 4.45. The maximum atomic E-state index is 3.64. The number of benzene rings is 1. The molecule has 0 unspecified atom stereocenters. The number of hydrogen-bond acceptors (Lipinski definition) is 1. The van der Waals surface area contributed by atoms with Crippen molar-refractivity contribution < 1.29 is 0 Å².